The quantitative estimate of drug-likeness (QED) is 0.520. The molecule has 1 nitrogen and oxygen atoms in total. The molecule has 0 aliphatic carbocycles. The lowest BCUT2D eigenvalue weighted by Crippen LogP contribution is -2.17. The summed E-state index contributed by atoms with van der Waals surface area (Å²) in [7, 11) is 0. The summed E-state index contributed by atoms with van der Waals surface area (Å²) in [6.45, 7) is 1.99. The Balaban J connectivity index is 3.19. The van der Waals surface area contributed by atoms with E-state index in [0.717, 1.165) is 0 Å². The second-order valence-electron chi connectivity index (χ2n) is 1.55. The highest BCUT2D eigenvalue weighted by Crippen LogP contribution is 1.93. The van der Waals surface area contributed by atoms with E-state index in [2.05, 4.69) is 11.3 Å². The van der Waals surface area contributed by atoms with Crippen LogP contribution in [0.15, 0.2) is 12.7 Å². The summed E-state index contributed by atoms with van der Waals surface area (Å²) >= 11 is 0. The number of halogens is 2. The maximum absolute atomic E-state index is 11.6. The Morgan fingerprint density at radius 2 is 2.00 bits per heavy atom. The van der Waals surface area contributed by atoms with Crippen LogP contribution in [0.25, 0.3) is 0 Å². The van der Waals surface area contributed by atoms with Gasteiger partial charge >= 0.3 is 0 Å². The molecular formula is C6H10F2O. The Labute approximate surface area is 53.3 Å². The average molecular weight is 136 g/mol. The standard InChI is InChI=1S/C6H10F2O/c1-2-3-9-6(4-7)5-8/h2,6H,1,3-5H2. The summed E-state index contributed by atoms with van der Waals surface area (Å²) in [5, 5.41) is 0. The van der Waals surface area contributed by atoms with Crippen molar-refractivity contribution in [2.24, 2.45) is 0 Å². The zero-order chi connectivity index (χ0) is 7.11. The summed E-state index contributed by atoms with van der Waals surface area (Å²) in [4.78, 5) is 0. The van der Waals surface area contributed by atoms with Crippen LogP contribution in [0.2, 0.25) is 0 Å². The lowest BCUT2D eigenvalue weighted by Gasteiger charge is -2.06. The number of hydrogen-bond donors (Lipinski definition) is 0. The third-order valence-corrected chi connectivity index (χ3v) is 0.794. The highest BCUT2D eigenvalue weighted by Gasteiger charge is 2.05. The van der Waals surface area contributed by atoms with Crippen molar-refractivity contribution in [1.82, 2.24) is 0 Å². The van der Waals surface area contributed by atoms with Crippen LogP contribution in [0.1, 0.15) is 0 Å². The van der Waals surface area contributed by atoms with Crippen molar-refractivity contribution < 1.29 is 13.5 Å². The lowest BCUT2D eigenvalue weighted by atomic mass is 10.4. The molecule has 0 aromatic carbocycles. The predicted octanol–water partition coefficient (Wildman–Crippen LogP) is 1.50. The smallest absolute Gasteiger partial charge is 0.118 e. The summed E-state index contributed by atoms with van der Waals surface area (Å²) < 4.78 is 27.8. The van der Waals surface area contributed by atoms with Crippen molar-refractivity contribution in [3.05, 3.63) is 12.7 Å². The van der Waals surface area contributed by atoms with Gasteiger partial charge in [0.05, 0.1) is 6.61 Å². The van der Waals surface area contributed by atoms with E-state index >= 15 is 0 Å². The lowest BCUT2D eigenvalue weighted by molar-refractivity contribution is 0.0367. The number of alkyl halides is 2. The summed E-state index contributed by atoms with van der Waals surface area (Å²) in [6, 6.07) is 0. The van der Waals surface area contributed by atoms with Crippen LogP contribution in [0.5, 0.6) is 0 Å². The van der Waals surface area contributed by atoms with Crippen LogP contribution in [-0.2, 0) is 4.74 Å². The second kappa shape index (κ2) is 5.69. The van der Waals surface area contributed by atoms with Crippen molar-refractivity contribution >= 4 is 0 Å². The van der Waals surface area contributed by atoms with Crippen LogP contribution >= 0.6 is 0 Å². The van der Waals surface area contributed by atoms with E-state index in [1.54, 1.807) is 0 Å². The fourth-order valence-corrected chi connectivity index (χ4v) is 0.334. The van der Waals surface area contributed by atoms with Crippen LogP contribution in [0.4, 0.5) is 8.78 Å². The van der Waals surface area contributed by atoms with E-state index in [9.17, 15) is 8.78 Å². The third kappa shape index (κ3) is 4.09. The molecule has 0 saturated heterocycles. The van der Waals surface area contributed by atoms with E-state index in [-0.39, 0.29) is 6.61 Å². The maximum Gasteiger partial charge on any atom is 0.118 e. The minimum Gasteiger partial charge on any atom is -0.369 e. The average Bonchev–Trinajstić information content (AvgIpc) is 1.91. The molecule has 0 aliphatic heterocycles. The summed E-state index contributed by atoms with van der Waals surface area (Å²) in [6.07, 6.45) is 0.557. The molecule has 0 aromatic rings. The van der Waals surface area contributed by atoms with E-state index in [1.165, 1.54) is 6.08 Å². The van der Waals surface area contributed by atoms with E-state index in [4.69, 9.17) is 0 Å². The molecule has 0 fully saturated rings. The summed E-state index contributed by atoms with van der Waals surface area (Å²) in [5.74, 6) is 0. The molecule has 0 aliphatic rings. The third-order valence-electron chi connectivity index (χ3n) is 0.794. The van der Waals surface area contributed by atoms with Crippen LogP contribution < -0.4 is 0 Å². The van der Waals surface area contributed by atoms with E-state index in [0.29, 0.717) is 0 Å². The van der Waals surface area contributed by atoms with Gasteiger partial charge in [0.15, 0.2) is 0 Å². The van der Waals surface area contributed by atoms with Crippen molar-refractivity contribution in [2.45, 2.75) is 6.10 Å². The Hall–Kier alpha value is -0.440. The normalized spacial score (nSPS) is 10.1. The first kappa shape index (κ1) is 8.56. The molecule has 0 saturated carbocycles. The van der Waals surface area contributed by atoms with Gasteiger partial charge < -0.3 is 4.74 Å². The Bertz CT molecular complexity index is 71.5. The molecule has 0 radical (unpaired) electrons. The maximum atomic E-state index is 11.6. The number of hydrogen-bond acceptors (Lipinski definition) is 1. The Kier molecular flexibility index (Phi) is 5.41. The molecule has 0 aromatic heterocycles. The van der Waals surface area contributed by atoms with Gasteiger partial charge in [-0.1, -0.05) is 6.08 Å². The monoisotopic (exact) mass is 136 g/mol. The van der Waals surface area contributed by atoms with E-state index < -0.39 is 19.5 Å². The molecule has 3 heteroatoms. The molecule has 54 valence electrons. The van der Waals surface area contributed by atoms with Gasteiger partial charge in [-0.3, -0.25) is 0 Å². The van der Waals surface area contributed by atoms with E-state index in [1.807, 2.05) is 0 Å². The van der Waals surface area contributed by atoms with Crippen LogP contribution in [-0.4, -0.2) is 26.1 Å². The fraction of sp³-hybridized carbons (Fsp3) is 0.667. The van der Waals surface area contributed by atoms with Gasteiger partial charge in [0.1, 0.15) is 19.5 Å². The van der Waals surface area contributed by atoms with Gasteiger partial charge in [0, 0.05) is 0 Å². The first-order valence-corrected chi connectivity index (χ1v) is 2.69. The van der Waals surface area contributed by atoms with Gasteiger partial charge in [0.2, 0.25) is 0 Å². The molecule has 0 heterocycles. The first-order chi connectivity index (χ1) is 4.35. The molecule has 0 bridgehead atoms. The highest BCUT2D eigenvalue weighted by atomic mass is 19.1. The van der Waals surface area contributed by atoms with Crippen molar-refractivity contribution in [1.29, 1.82) is 0 Å². The second-order valence-corrected chi connectivity index (χ2v) is 1.55. The van der Waals surface area contributed by atoms with Crippen molar-refractivity contribution in [3.63, 3.8) is 0 Å². The van der Waals surface area contributed by atoms with Gasteiger partial charge in [-0.2, -0.15) is 0 Å². The molecule has 0 unspecified atom stereocenters. The Morgan fingerprint density at radius 1 is 1.44 bits per heavy atom. The van der Waals surface area contributed by atoms with Gasteiger partial charge in [-0.05, 0) is 0 Å². The zero-order valence-corrected chi connectivity index (χ0v) is 5.15. The topological polar surface area (TPSA) is 9.23 Å². The molecule has 0 rings (SSSR count). The molecule has 0 spiro atoms. The fourth-order valence-electron chi connectivity index (χ4n) is 0.334. The number of rotatable bonds is 5. The van der Waals surface area contributed by atoms with Gasteiger partial charge in [0.25, 0.3) is 0 Å². The van der Waals surface area contributed by atoms with Crippen LogP contribution in [0, 0.1) is 0 Å². The van der Waals surface area contributed by atoms with Crippen molar-refractivity contribution in [3.8, 4) is 0 Å². The molecule has 0 amide bonds. The predicted molar refractivity (Wildman–Crippen MR) is 31.9 cm³/mol. The largest absolute Gasteiger partial charge is 0.369 e. The highest BCUT2D eigenvalue weighted by molar-refractivity contribution is 4.66. The minimum atomic E-state index is -0.900. The molecular weight excluding hydrogens is 126 g/mol. The van der Waals surface area contributed by atoms with Crippen molar-refractivity contribution in [2.75, 3.05) is 20.0 Å². The molecule has 0 atom stereocenters. The number of ether oxygens (including phenoxy) is 1. The molecule has 9 heavy (non-hydrogen) atoms. The summed E-state index contributed by atoms with van der Waals surface area (Å²) in [5.41, 5.74) is 0. The minimum absolute atomic E-state index is 0.207. The van der Waals surface area contributed by atoms with Gasteiger partial charge in [-0.25, -0.2) is 8.78 Å². The first-order valence-electron chi connectivity index (χ1n) is 2.69. The molecule has 0 N–H and O–H groups in total. The van der Waals surface area contributed by atoms with Gasteiger partial charge in [-0.15, -0.1) is 6.58 Å². The SMILES string of the molecule is C=CCOC(CF)CF. The zero-order valence-electron chi connectivity index (χ0n) is 5.15. The van der Waals surface area contributed by atoms with Crippen LogP contribution in [0.3, 0.4) is 0 Å². The Morgan fingerprint density at radius 3 is 2.33 bits per heavy atom.